The van der Waals surface area contributed by atoms with Crippen LogP contribution in [0.3, 0.4) is 0 Å². The molecule has 0 saturated heterocycles. The van der Waals surface area contributed by atoms with Crippen LogP contribution in [0.4, 0.5) is 0 Å². The van der Waals surface area contributed by atoms with Crippen molar-refractivity contribution < 1.29 is 25.6 Å². The van der Waals surface area contributed by atoms with Gasteiger partial charge in [0.25, 0.3) is 0 Å². The molecule has 8 heteroatoms. The zero-order chi connectivity index (χ0) is 19.7. The Hall–Kier alpha value is -4.17. The highest BCUT2D eigenvalue weighted by Crippen LogP contribution is 2.33. The molecule has 0 atom stereocenters. The number of benzene rings is 3. The zero-order valence-corrected chi connectivity index (χ0v) is 15.0. The topological polar surface area (TPSA) is 140 Å². The van der Waals surface area contributed by atoms with E-state index in [9.17, 15) is 15.0 Å². The minimum atomic E-state index is -1.03. The number of aromatic nitrogens is 3. The van der Waals surface area contributed by atoms with E-state index in [0.717, 1.165) is 0 Å². The van der Waals surface area contributed by atoms with Gasteiger partial charge in [-0.15, -0.1) is 5.10 Å². The minimum Gasteiger partial charge on any atom is -0.507 e. The van der Waals surface area contributed by atoms with Crippen LogP contribution in [0.1, 0.15) is 10.4 Å². The summed E-state index contributed by atoms with van der Waals surface area (Å²) >= 11 is 0. The van der Waals surface area contributed by atoms with Crippen molar-refractivity contribution in [2.24, 2.45) is 0 Å². The van der Waals surface area contributed by atoms with Gasteiger partial charge in [0.15, 0.2) is 11.6 Å². The van der Waals surface area contributed by atoms with Crippen LogP contribution < -0.4 is 0 Å². The smallest absolute Gasteiger partial charge is 0.335 e. The Kier molecular flexibility index (Phi) is 5.29. The number of phenolic OH excluding ortho intramolecular Hbond substituents is 2. The van der Waals surface area contributed by atoms with E-state index in [-0.39, 0.29) is 28.4 Å². The molecule has 0 aliphatic rings. The lowest BCUT2D eigenvalue weighted by atomic mass is 10.1. The fourth-order valence-corrected chi connectivity index (χ4v) is 2.85. The van der Waals surface area contributed by atoms with E-state index in [0.29, 0.717) is 22.6 Å². The summed E-state index contributed by atoms with van der Waals surface area (Å²) in [5, 5.41) is 34.0. The summed E-state index contributed by atoms with van der Waals surface area (Å²) in [5.74, 6) is -0.328. The molecule has 0 spiro atoms. The molecule has 0 aliphatic heterocycles. The summed E-state index contributed by atoms with van der Waals surface area (Å²) in [6.45, 7) is 0. The molecule has 4 rings (SSSR count). The SMILES string of the molecule is O.O=C(O)c1ccc(-n2nc(-c3ccccc3O)nc2-c2ccccc2O)cc1. The van der Waals surface area contributed by atoms with Crippen LogP contribution in [-0.2, 0) is 0 Å². The number of nitrogens with zero attached hydrogens (tertiary/aromatic N) is 3. The van der Waals surface area contributed by atoms with Crippen molar-refractivity contribution in [3.63, 3.8) is 0 Å². The summed E-state index contributed by atoms with van der Waals surface area (Å²) in [7, 11) is 0. The lowest BCUT2D eigenvalue weighted by Crippen LogP contribution is -2.02. The number of carboxylic acids is 1. The summed E-state index contributed by atoms with van der Waals surface area (Å²) in [4.78, 5) is 15.6. The highest BCUT2D eigenvalue weighted by molar-refractivity contribution is 5.87. The normalized spacial score (nSPS) is 10.3. The van der Waals surface area contributed by atoms with E-state index < -0.39 is 5.97 Å². The lowest BCUT2D eigenvalue weighted by Gasteiger charge is -2.07. The fourth-order valence-electron chi connectivity index (χ4n) is 2.85. The van der Waals surface area contributed by atoms with Crippen molar-refractivity contribution in [2.45, 2.75) is 0 Å². The van der Waals surface area contributed by atoms with E-state index >= 15 is 0 Å². The molecule has 5 N–H and O–H groups in total. The van der Waals surface area contributed by atoms with Gasteiger partial charge in [0.05, 0.1) is 22.4 Å². The molecule has 1 aromatic heterocycles. The second-order valence-corrected chi connectivity index (χ2v) is 6.06. The van der Waals surface area contributed by atoms with Gasteiger partial charge in [0, 0.05) is 0 Å². The van der Waals surface area contributed by atoms with Crippen molar-refractivity contribution in [3.05, 3.63) is 78.4 Å². The Morgan fingerprint density at radius 2 is 1.34 bits per heavy atom. The van der Waals surface area contributed by atoms with Crippen molar-refractivity contribution in [3.8, 4) is 40.0 Å². The number of aromatic carboxylic acids is 1. The largest absolute Gasteiger partial charge is 0.507 e. The number of para-hydroxylation sites is 2. The van der Waals surface area contributed by atoms with Crippen LogP contribution in [0.25, 0.3) is 28.5 Å². The Morgan fingerprint density at radius 1 is 0.793 bits per heavy atom. The number of carboxylic acid groups (broad SMARTS) is 1. The molecule has 0 aliphatic carbocycles. The lowest BCUT2D eigenvalue weighted by molar-refractivity contribution is 0.0697. The highest BCUT2D eigenvalue weighted by Gasteiger charge is 2.19. The maximum Gasteiger partial charge on any atom is 0.335 e. The molecule has 0 unspecified atom stereocenters. The Labute approximate surface area is 165 Å². The number of hydrogen-bond acceptors (Lipinski definition) is 5. The molecule has 1 heterocycles. The van der Waals surface area contributed by atoms with Crippen LogP contribution in [0.5, 0.6) is 11.5 Å². The van der Waals surface area contributed by atoms with Gasteiger partial charge in [0.2, 0.25) is 0 Å². The molecular formula is C21H17N3O5. The third-order valence-electron chi connectivity index (χ3n) is 4.26. The number of hydrogen-bond donors (Lipinski definition) is 3. The number of carbonyl (C=O) groups is 1. The average Bonchev–Trinajstić information content (AvgIpc) is 3.13. The first kappa shape index (κ1) is 19.6. The highest BCUT2D eigenvalue weighted by atomic mass is 16.4. The molecule has 8 nitrogen and oxygen atoms in total. The molecular weight excluding hydrogens is 374 g/mol. The predicted molar refractivity (Wildman–Crippen MR) is 106 cm³/mol. The fraction of sp³-hybridized carbons (Fsp3) is 0. The number of aromatic hydroxyl groups is 2. The molecule has 146 valence electrons. The second kappa shape index (κ2) is 7.83. The quantitative estimate of drug-likeness (QED) is 0.489. The van der Waals surface area contributed by atoms with E-state index in [1.54, 1.807) is 54.6 Å². The van der Waals surface area contributed by atoms with Crippen molar-refractivity contribution >= 4 is 5.97 Å². The van der Waals surface area contributed by atoms with Crippen molar-refractivity contribution in [2.75, 3.05) is 0 Å². The molecule has 0 amide bonds. The van der Waals surface area contributed by atoms with Crippen molar-refractivity contribution in [1.29, 1.82) is 0 Å². The van der Waals surface area contributed by atoms with Gasteiger partial charge >= 0.3 is 5.97 Å². The molecule has 0 bridgehead atoms. The molecule has 29 heavy (non-hydrogen) atoms. The predicted octanol–water partition coefficient (Wildman–Crippen LogP) is 2.89. The van der Waals surface area contributed by atoms with Gasteiger partial charge < -0.3 is 20.8 Å². The average molecular weight is 391 g/mol. The molecule has 4 aromatic rings. The van der Waals surface area contributed by atoms with Gasteiger partial charge in [-0.2, -0.15) is 0 Å². The van der Waals surface area contributed by atoms with Gasteiger partial charge in [-0.25, -0.2) is 14.5 Å². The maximum atomic E-state index is 11.1. The molecule has 0 saturated carbocycles. The second-order valence-electron chi connectivity index (χ2n) is 6.06. The summed E-state index contributed by atoms with van der Waals surface area (Å²) in [6.07, 6.45) is 0. The van der Waals surface area contributed by atoms with Crippen LogP contribution in [0, 0.1) is 0 Å². The Bertz CT molecular complexity index is 1170. The summed E-state index contributed by atoms with van der Waals surface area (Å²) < 4.78 is 1.50. The van der Waals surface area contributed by atoms with E-state index in [1.807, 2.05) is 0 Å². The van der Waals surface area contributed by atoms with Crippen LogP contribution in [-0.4, -0.2) is 41.5 Å². The summed E-state index contributed by atoms with van der Waals surface area (Å²) in [6, 6.07) is 19.5. The monoisotopic (exact) mass is 391 g/mol. The van der Waals surface area contributed by atoms with Gasteiger partial charge in [0.1, 0.15) is 11.5 Å². The first-order valence-electron chi connectivity index (χ1n) is 8.42. The molecule has 0 fully saturated rings. The van der Waals surface area contributed by atoms with Gasteiger partial charge in [-0.3, -0.25) is 0 Å². The van der Waals surface area contributed by atoms with E-state index in [4.69, 9.17) is 5.11 Å². The molecule has 3 aromatic carbocycles. The number of rotatable bonds is 4. The van der Waals surface area contributed by atoms with Crippen molar-refractivity contribution in [1.82, 2.24) is 14.8 Å². The first-order chi connectivity index (χ1) is 13.5. The van der Waals surface area contributed by atoms with Crippen LogP contribution in [0.2, 0.25) is 0 Å². The molecule has 0 radical (unpaired) electrons. The van der Waals surface area contributed by atoms with Crippen LogP contribution in [0.15, 0.2) is 72.8 Å². The third-order valence-corrected chi connectivity index (χ3v) is 4.26. The van der Waals surface area contributed by atoms with Gasteiger partial charge in [-0.05, 0) is 48.5 Å². The Morgan fingerprint density at radius 3 is 1.90 bits per heavy atom. The maximum absolute atomic E-state index is 11.1. The van der Waals surface area contributed by atoms with Gasteiger partial charge in [-0.1, -0.05) is 24.3 Å². The number of phenols is 2. The Balaban J connectivity index is 0.00000240. The standard InChI is InChI=1S/C21H15N3O4.H2O/c25-17-7-3-1-5-15(17)19-22-20(16-6-2-4-8-18(16)26)24(23-19)14-11-9-13(10-12-14)21(27)28;/h1-12,25-26H,(H,27,28);1H2. The minimum absolute atomic E-state index is 0. The summed E-state index contributed by atoms with van der Waals surface area (Å²) in [5.41, 5.74) is 1.62. The third kappa shape index (κ3) is 3.64. The zero-order valence-electron chi connectivity index (χ0n) is 15.0. The van der Waals surface area contributed by atoms with E-state index in [1.165, 1.54) is 22.9 Å². The first-order valence-corrected chi connectivity index (χ1v) is 8.42. The van der Waals surface area contributed by atoms with Crippen LogP contribution >= 0.6 is 0 Å². The van der Waals surface area contributed by atoms with E-state index in [2.05, 4.69) is 10.1 Å².